The van der Waals surface area contributed by atoms with Gasteiger partial charge in [-0.2, -0.15) is 0 Å². The Labute approximate surface area is 122 Å². The summed E-state index contributed by atoms with van der Waals surface area (Å²) in [5.74, 6) is 1.69. The van der Waals surface area contributed by atoms with Crippen LogP contribution in [0, 0.1) is 12.8 Å². The number of unbranched alkanes of at least 4 members (excludes halogenated alkanes) is 1. The molecule has 0 saturated carbocycles. The highest BCUT2D eigenvalue weighted by molar-refractivity contribution is 5.47. The average Bonchev–Trinajstić information content (AvgIpc) is 2.47. The third-order valence-corrected chi connectivity index (χ3v) is 3.99. The van der Waals surface area contributed by atoms with Gasteiger partial charge >= 0.3 is 0 Å². The maximum absolute atomic E-state index is 10.7. The van der Waals surface area contributed by atoms with Crippen LogP contribution in [0.1, 0.15) is 56.8 Å². The topological polar surface area (TPSA) is 38.7 Å². The van der Waals surface area contributed by atoms with Crippen LogP contribution < -0.4 is 9.47 Å². The minimum atomic E-state index is -0.439. The number of aliphatic hydroxyl groups is 1. The summed E-state index contributed by atoms with van der Waals surface area (Å²) < 4.78 is 10.6. The quantitative estimate of drug-likeness (QED) is 0.773. The van der Waals surface area contributed by atoms with E-state index >= 15 is 0 Å². The Morgan fingerprint density at radius 1 is 1.10 bits per heavy atom. The standard InChI is InChI=1S/C17H28O3/c1-6-8-9-13(7-2)17(18)14-11-16(20-5)15(19-4)10-12(14)3/h10-11,13,17-18H,6-9H2,1-5H3. The molecule has 2 atom stereocenters. The molecule has 0 saturated heterocycles. The van der Waals surface area contributed by atoms with E-state index in [0.717, 1.165) is 36.8 Å². The second-order valence-corrected chi connectivity index (χ2v) is 5.32. The van der Waals surface area contributed by atoms with Crippen LogP contribution in [0.3, 0.4) is 0 Å². The number of aryl methyl sites for hydroxylation is 1. The molecule has 0 spiro atoms. The molecule has 3 nitrogen and oxygen atoms in total. The third-order valence-electron chi connectivity index (χ3n) is 3.99. The van der Waals surface area contributed by atoms with E-state index in [1.165, 1.54) is 0 Å². The van der Waals surface area contributed by atoms with Crippen LogP contribution in [-0.2, 0) is 0 Å². The Bertz CT molecular complexity index is 415. The van der Waals surface area contributed by atoms with Crippen LogP contribution in [0.2, 0.25) is 0 Å². The van der Waals surface area contributed by atoms with Gasteiger partial charge in [0.15, 0.2) is 11.5 Å². The predicted molar refractivity (Wildman–Crippen MR) is 82.5 cm³/mol. The maximum atomic E-state index is 10.7. The largest absolute Gasteiger partial charge is 0.493 e. The van der Waals surface area contributed by atoms with Gasteiger partial charge in [0.05, 0.1) is 20.3 Å². The van der Waals surface area contributed by atoms with Gasteiger partial charge in [-0.25, -0.2) is 0 Å². The van der Waals surface area contributed by atoms with Gasteiger partial charge < -0.3 is 14.6 Å². The van der Waals surface area contributed by atoms with Gasteiger partial charge in [0.25, 0.3) is 0 Å². The average molecular weight is 280 g/mol. The van der Waals surface area contributed by atoms with Gasteiger partial charge in [-0.1, -0.05) is 33.1 Å². The second kappa shape index (κ2) is 8.15. The third kappa shape index (κ3) is 3.89. The van der Waals surface area contributed by atoms with Crippen molar-refractivity contribution in [2.45, 2.75) is 52.6 Å². The van der Waals surface area contributed by atoms with Gasteiger partial charge in [-0.15, -0.1) is 0 Å². The summed E-state index contributed by atoms with van der Waals surface area (Å²) in [6.07, 6.45) is 3.92. The lowest BCUT2D eigenvalue weighted by Gasteiger charge is -2.24. The van der Waals surface area contributed by atoms with E-state index < -0.39 is 6.10 Å². The van der Waals surface area contributed by atoms with Crippen molar-refractivity contribution in [2.24, 2.45) is 5.92 Å². The molecular weight excluding hydrogens is 252 g/mol. The van der Waals surface area contributed by atoms with Crippen LogP contribution >= 0.6 is 0 Å². The zero-order valence-corrected chi connectivity index (χ0v) is 13.4. The van der Waals surface area contributed by atoms with Crippen molar-refractivity contribution in [3.63, 3.8) is 0 Å². The summed E-state index contributed by atoms with van der Waals surface area (Å²) in [4.78, 5) is 0. The Morgan fingerprint density at radius 3 is 2.20 bits per heavy atom. The lowest BCUT2D eigenvalue weighted by molar-refractivity contribution is 0.0980. The highest BCUT2D eigenvalue weighted by atomic mass is 16.5. The highest BCUT2D eigenvalue weighted by Gasteiger charge is 2.22. The van der Waals surface area contributed by atoms with Crippen LogP contribution in [0.5, 0.6) is 11.5 Å². The molecule has 1 aromatic carbocycles. The molecule has 1 N–H and O–H groups in total. The molecular formula is C17H28O3. The number of hydrogen-bond acceptors (Lipinski definition) is 3. The van der Waals surface area contributed by atoms with E-state index in [9.17, 15) is 5.11 Å². The molecule has 3 heteroatoms. The van der Waals surface area contributed by atoms with E-state index in [-0.39, 0.29) is 0 Å². The Kier molecular flexibility index (Phi) is 6.86. The number of hydrogen-bond donors (Lipinski definition) is 1. The molecule has 0 aliphatic rings. The Balaban J connectivity index is 3.04. The van der Waals surface area contributed by atoms with E-state index in [0.29, 0.717) is 17.4 Å². The van der Waals surface area contributed by atoms with Gasteiger partial charge in [0.2, 0.25) is 0 Å². The van der Waals surface area contributed by atoms with E-state index in [1.54, 1.807) is 14.2 Å². The van der Waals surface area contributed by atoms with Crippen LogP contribution in [0.4, 0.5) is 0 Å². The number of ether oxygens (including phenoxy) is 2. The van der Waals surface area contributed by atoms with Crippen LogP contribution in [0.25, 0.3) is 0 Å². The molecule has 0 fully saturated rings. The summed E-state index contributed by atoms with van der Waals surface area (Å²) in [5.41, 5.74) is 2.00. The molecule has 20 heavy (non-hydrogen) atoms. The number of benzene rings is 1. The molecule has 0 aliphatic carbocycles. The lowest BCUT2D eigenvalue weighted by atomic mass is 9.87. The van der Waals surface area contributed by atoms with E-state index in [4.69, 9.17) is 9.47 Å². The zero-order valence-electron chi connectivity index (χ0n) is 13.4. The first-order valence-electron chi connectivity index (χ1n) is 7.49. The van der Waals surface area contributed by atoms with Gasteiger partial charge in [-0.3, -0.25) is 0 Å². The molecule has 0 aromatic heterocycles. The minimum Gasteiger partial charge on any atom is -0.493 e. The molecule has 1 rings (SSSR count). The molecule has 1 aromatic rings. The molecule has 2 unspecified atom stereocenters. The molecule has 0 radical (unpaired) electrons. The summed E-state index contributed by atoms with van der Waals surface area (Å²) in [6.45, 7) is 6.33. The molecule has 0 bridgehead atoms. The normalized spacial score (nSPS) is 13.9. The van der Waals surface area contributed by atoms with Gasteiger partial charge in [-0.05, 0) is 42.5 Å². The first-order chi connectivity index (χ1) is 9.58. The SMILES string of the molecule is CCCCC(CC)C(O)c1cc(OC)c(OC)cc1C. The highest BCUT2D eigenvalue weighted by Crippen LogP contribution is 2.37. The fourth-order valence-electron chi connectivity index (χ4n) is 2.62. The van der Waals surface area contributed by atoms with Crippen molar-refractivity contribution >= 4 is 0 Å². The molecule has 0 heterocycles. The van der Waals surface area contributed by atoms with Gasteiger partial charge in [0, 0.05) is 0 Å². The Morgan fingerprint density at radius 2 is 1.70 bits per heavy atom. The first-order valence-corrected chi connectivity index (χ1v) is 7.49. The summed E-state index contributed by atoms with van der Waals surface area (Å²) in [5, 5.41) is 10.7. The van der Waals surface area contributed by atoms with E-state index in [1.807, 2.05) is 19.1 Å². The molecule has 114 valence electrons. The fourth-order valence-corrected chi connectivity index (χ4v) is 2.62. The van der Waals surface area contributed by atoms with Crippen LogP contribution in [-0.4, -0.2) is 19.3 Å². The minimum absolute atomic E-state index is 0.298. The fraction of sp³-hybridized carbons (Fsp3) is 0.647. The Hall–Kier alpha value is -1.22. The zero-order chi connectivity index (χ0) is 15.1. The number of rotatable bonds is 8. The summed E-state index contributed by atoms with van der Waals surface area (Å²) in [6, 6.07) is 3.84. The number of aliphatic hydroxyl groups excluding tert-OH is 1. The van der Waals surface area contributed by atoms with Crippen molar-refractivity contribution < 1.29 is 14.6 Å². The summed E-state index contributed by atoms with van der Waals surface area (Å²) in [7, 11) is 3.25. The monoisotopic (exact) mass is 280 g/mol. The predicted octanol–water partition coefficient (Wildman–Crippen LogP) is 4.26. The van der Waals surface area contributed by atoms with Crippen molar-refractivity contribution in [3.8, 4) is 11.5 Å². The van der Waals surface area contributed by atoms with Crippen molar-refractivity contribution in [2.75, 3.05) is 14.2 Å². The van der Waals surface area contributed by atoms with Crippen molar-refractivity contribution in [1.29, 1.82) is 0 Å². The first kappa shape index (κ1) is 16.8. The second-order valence-electron chi connectivity index (χ2n) is 5.32. The number of methoxy groups -OCH3 is 2. The smallest absolute Gasteiger partial charge is 0.161 e. The van der Waals surface area contributed by atoms with Gasteiger partial charge in [0.1, 0.15) is 0 Å². The maximum Gasteiger partial charge on any atom is 0.161 e. The van der Waals surface area contributed by atoms with Crippen molar-refractivity contribution in [3.05, 3.63) is 23.3 Å². The summed E-state index contributed by atoms with van der Waals surface area (Å²) >= 11 is 0. The molecule has 0 aliphatic heterocycles. The van der Waals surface area contributed by atoms with Crippen LogP contribution in [0.15, 0.2) is 12.1 Å². The van der Waals surface area contributed by atoms with E-state index in [2.05, 4.69) is 13.8 Å². The van der Waals surface area contributed by atoms with Crippen molar-refractivity contribution in [1.82, 2.24) is 0 Å². The lowest BCUT2D eigenvalue weighted by Crippen LogP contribution is -2.13. The molecule has 0 amide bonds.